The van der Waals surface area contributed by atoms with Gasteiger partial charge in [-0.25, -0.2) is 0 Å². The van der Waals surface area contributed by atoms with Crippen LogP contribution >= 0.6 is 0 Å². The number of benzene rings is 1. The normalized spacial score (nSPS) is 10.6. The van der Waals surface area contributed by atoms with Crippen LogP contribution in [0.5, 0.6) is 5.75 Å². The molecule has 1 aromatic carbocycles. The molecule has 1 aromatic heterocycles. The summed E-state index contributed by atoms with van der Waals surface area (Å²) in [6.07, 6.45) is 0. The highest BCUT2D eigenvalue weighted by molar-refractivity contribution is 5.75. The van der Waals surface area contributed by atoms with Gasteiger partial charge in [-0.1, -0.05) is 0 Å². The second kappa shape index (κ2) is 3.05. The van der Waals surface area contributed by atoms with Crippen molar-refractivity contribution in [3.8, 4) is 5.75 Å². The number of nitrogens with zero attached hydrogens (tertiary/aromatic N) is 3. The predicted octanol–water partition coefficient (Wildman–Crippen LogP) is 1.37. The first-order chi connectivity index (χ1) is 6.29. The molecule has 68 valence electrons. The van der Waals surface area contributed by atoms with Crippen LogP contribution in [-0.4, -0.2) is 21.6 Å². The molecule has 1 heterocycles. The Balaban J connectivity index is 2.48. The Morgan fingerprint density at radius 1 is 1.31 bits per heavy atom. The lowest BCUT2D eigenvalue weighted by Crippen LogP contribution is -1.91. The molecule has 0 atom stereocenters. The molecule has 0 N–H and O–H groups in total. The first kappa shape index (κ1) is 8.04. The molecule has 13 heavy (non-hydrogen) atoms. The fraction of sp³-hybridized carbons (Fsp3) is 0.333. The molecule has 2 aromatic rings. The summed E-state index contributed by atoms with van der Waals surface area (Å²) in [5, 5.41) is 8.35. The van der Waals surface area contributed by atoms with Gasteiger partial charge in [0.15, 0.2) is 0 Å². The number of ether oxygens (including phenoxy) is 1. The highest BCUT2D eigenvalue weighted by Crippen LogP contribution is 2.17. The zero-order valence-electron chi connectivity index (χ0n) is 7.69. The lowest BCUT2D eigenvalue weighted by atomic mass is 10.3. The summed E-state index contributed by atoms with van der Waals surface area (Å²) in [6.45, 7) is 2.63. The lowest BCUT2D eigenvalue weighted by molar-refractivity contribution is 0.340. The molecule has 0 spiro atoms. The van der Waals surface area contributed by atoms with Crippen LogP contribution in [0.4, 0.5) is 0 Å². The van der Waals surface area contributed by atoms with Crippen molar-refractivity contribution in [2.24, 2.45) is 7.05 Å². The van der Waals surface area contributed by atoms with Crippen LogP contribution in [0, 0.1) is 0 Å². The van der Waals surface area contributed by atoms with Gasteiger partial charge in [0.05, 0.1) is 6.61 Å². The number of hydrogen-bond acceptors (Lipinski definition) is 3. The molecular weight excluding hydrogens is 166 g/mol. The Morgan fingerprint density at radius 3 is 2.85 bits per heavy atom. The number of aryl methyl sites for hydroxylation is 1. The van der Waals surface area contributed by atoms with Crippen molar-refractivity contribution in [1.82, 2.24) is 15.0 Å². The van der Waals surface area contributed by atoms with E-state index in [4.69, 9.17) is 4.74 Å². The monoisotopic (exact) mass is 177 g/mol. The molecule has 0 amide bonds. The van der Waals surface area contributed by atoms with Crippen LogP contribution in [0.1, 0.15) is 6.92 Å². The topological polar surface area (TPSA) is 39.9 Å². The summed E-state index contributed by atoms with van der Waals surface area (Å²) in [5.74, 6) is 0.843. The molecule has 4 nitrogen and oxygen atoms in total. The first-order valence-electron chi connectivity index (χ1n) is 4.23. The van der Waals surface area contributed by atoms with Crippen LogP contribution in [-0.2, 0) is 7.05 Å². The minimum atomic E-state index is 0.672. The molecule has 0 radical (unpaired) electrons. The molecule has 0 saturated heterocycles. The lowest BCUT2D eigenvalue weighted by Gasteiger charge is -2.00. The zero-order valence-corrected chi connectivity index (χ0v) is 7.69. The summed E-state index contributed by atoms with van der Waals surface area (Å²) in [5.41, 5.74) is 1.76. The predicted molar refractivity (Wildman–Crippen MR) is 49.7 cm³/mol. The molecular formula is C9H11N3O. The van der Waals surface area contributed by atoms with E-state index in [1.807, 2.05) is 25.1 Å². The van der Waals surface area contributed by atoms with Crippen molar-refractivity contribution in [3.05, 3.63) is 18.2 Å². The Labute approximate surface area is 76.1 Å². The Hall–Kier alpha value is -1.58. The van der Waals surface area contributed by atoms with Gasteiger partial charge in [0.1, 0.15) is 16.8 Å². The molecule has 0 aliphatic carbocycles. The second-order valence-corrected chi connectivity index (χ2v) is 2.77. The van der Waals surface area contributed by atoms with Crippen molar-refractivity contribution in [2.75, 3.05) is 6.61 Å². The van der Waals surface area contributed by atoms with Gasteiger partial charge in [-0.15, -0.1) is 0 Å². The molecule has 0 aliphatic heterocycles. The molecule has 0 saturated carbocycles. The fourth-order valence-electron chi connectivity index (χ4n) is 1.26. The fourth-order valence-corrected chi connectivity index (χ4v) is 1.26. The van der Waals surface area contributed by atoms with E-state index < -0.39 is 0 Å². The summed E-state index contributed by atoms with van der Waals surface area (Å²) in [6, 6.07) is 5.71. The Bertz CT molecular complexity index is 422. The van der Waals surface area contributed by atoms with Gasteiger partial charge in [0, 0.05) is 13.1 Å². The maximum absolute atomic E-state index is 5.35. The minimum Gasteiger partial charge on any atom is -0.494 e. The molecule has 0 fully saturated rings. The van der Waals surface area contributed by atoms with Gasteiger partial charge in [0.25, 0.3) is 0 Å². The second-order valence-electron chi connectivity index (χ2n) is 2.77. The van der Waals surface area contributed by atoms with E-state index in [-0.39, 0.29) is 0 Å². The SMILES string of the molecule is CCOc1ccc2nn(C)nc2c1. The third-order valence-electron chi connectivity index (χ3n) is 1.76. The van der Waals surface area contributed by atoms with Crippen molar-refractivity contribution in [3.63, 3.8) is 0 Å². The van der Waals surface area contributed by atoms with Crippen LogP contribution < -0.4 is 4.74 Å². The van der Waals surface area contributed by atoms with Gasteiger partial charge in [-0.3, -0.25) is 0 Å². The third kappa shape index (κ3) is 1.47. The van der Waals surface area contributed by atoms with E-state index in [0.29, 0.717) is 6.61 Å². The Kier molecular flexibility index (Phi) is 1.88. The van der Waals surface area contributed by atoms with Gasteiger partial charge in [-0.05, 0) is 19.1 Å². The van der Waals surface area contributed by atoms with Crippen LogP contribution in [0.25, 0.3) is 11.0 Å². The van der Waals surface area contributed by atoms with E-state index >= 15 is 0 Å². The molecule has 0 bridgehead atoms. The smallest absolute Gasteiger partial charge is 0.121 e. The maximum Gasteiger partial charge on any atom is 0.121 e. The highest BCUT2D eigenvalue weighted by atomic mass is 16.5. The van der Waals surface area contributed by atoms with E-state index in [1.165, 1.54) is 0 Å². The number of rotatable bonds is 2. The van der Waals surface area contributed by atoms with E-state index in [9.17, 15) is 0 Å². The molecule has 0 aliphatic rings. The zero-order chi connectivity index (χ0) is 9.26. The number of fused-ring (bicyclic) bond motifs is 1. The van der Waals surface area contributed by atoms with E-state index in [1.54, 1.807) is 11.8 Å². The quantitative estimate of drug-likeness (QED) is 0.695. The van der Waals surface area contributed by atoms with Crippen LogP contribution in [0.3, 0.4) is 0 Å². The van der Waals surface area contributed by atoms with Crippen LogP contribution in [0.15, 0.2) is 18.2 Å². The molecule has 0 unspecified atom stereocenters. The average Bonchev–Trinajstić information content (AvgIpc) is 2.44. The summed E-state index contributed by atoms with van der Waals surface area (Å²) >= 11 is 0. The third-order valence-corrected chi connectivity index (χ3v) is 1.76. The van der Waals surface area contributed by atoms with Gasteiger partial charge >= 0.3 is 0 Å². The van der Waals surface area contributed by atoms with Gasteiger partial charge in [-0.2, -0.15) is 15.0 Å². The van der Waals surface area contributed by atoms with Crippen LogP contribution in [0.2, 0.25) is 0 Å². The summed E-state index contributed by atoms with van der Waals surface area (Å²) in [7, 11) is 1.81. The molecule has 2 rings (SSSR count). The van der Waals surface area contributed by atoms with Gasteiger partial charge in [0.2, 0.25) is 0 Å². The largest absolute Gasteiger partial charge is 0.494 e. The van der Waals surface area contributed by atoms with Gasteiger partial charge < -0.3 is 4.74 Å². The number of aromatic nitrogens is 3. The van der Waals surface area contributed by atoms with E-state index in [2.05, 4.69) is 10.2 Å². The van der Waals surface area contributed by atoms with Crippen molar-refractivity contribution < 1.29 is 4.74 Å². The number of hydrogen-bond donors (Lipinski definition) is 0. The summed E-state index contributed by atoms with van der Waals surface area (Å²) < 4.78 is 5.35. The first-order valence-corrected chi connectivity index (χ1v) is 4.23. The van der Waals surface area contributed by atoms with Crippen molar-refractivity contribution in [1.29, 1.82) is 0 Å². The standard InChI is InChI=1S/C9H11N3O/c1-3-13-7-4-5-8-9(6-7)11-12(2)10-8/h4-6H,3H2,1-2H3. The Morgan fingerprint density at radius 2 is 2.08 bits per heavy atom. The minimum absolute atomic E-state index is 0.672. The maximum atomic E-state index is 5.35. The average molecular weight is 177 g/mol. The highest BCUT2D eigenvalue weighted by Gasteiger charge is 2.01. The summed E-state index contributed by atoms with van der Waals surface area (Å²) in [4.78, 5) is 1.56. The molecule has 4 heteroatoms. The van der Waals surface area contributed by atoms with E-state index in [0.717, 1.165) is 16.8 Å². The van der Waals surface area contributed by atoms with Crippen molar-refractivity contribution >= 4 is 11.0 Å². The van der Waals surface area contributed by atoms with Crippen molar-refractivity contribution in [2.45, 2.75) is 6.92 Å².